The highest BCUT2D eigenvalue weighted by molar-refractivity contribution is 5.77. The van der Waals surface area contributed by atoms with Crippen molar-refractivity contribution in [3.8, 4) is 5.75 Å². The lowest BCUT2D eigenvalue weighted by Crippen LogP contribution is -2.29. The number of hydrogen-bond donors (Lipinski definition) is 2. The Morgan fingerprint density at radius 2 is 2.15 bits per heavy atom. The molecular weight excluding hydrogens is 259 g/mol. The molecule has 112 valence electrons. The van der Waals surface area contributed by atoms with Crippen molar-refractivity contribution in [2.45, 2.75) is 33.2 Å². The SMILES string of the molecule is CCCNC(=O)COc1ccc(C(C)NCC)cc1F. The molecule has 5 heteroatoms. The zero-order chi connectivity index (χ0) is 15.0. The maximum atomic E-state index is 13.9. The van der Waals surface area contributed by atoms with Crippen molar-refractivity contribution in [3.05, 3.63) is 29.6 Å². The van der Waals surface area contributed by atoms with Gasteiger partial charge in [0.05, 0.1) is 0 Å². The molecule has 0 bridgehead atoms. The second-order valence-electron chi connectivity index (χ2n) is 4.61. The van der Waals surface area contributed by atoms with Crippen molar-refractivity contribution >= 4 is 5.91 Å². The van der Waals surface area contributed by atoms with Gasteiger partial charge in [0.2, 0.25) is 0 Å². The smallest absolute Gasteiger partial charge is 0.257 e. The summed E-state index contributed by atoms with van der Waals surface area (Å²) in [4.78, 5) is 11.4. The Hall–Kier alpha value is -1.62. The number of halogens is 1. The highest BCUT2D eigenvalue weighted by Crippen LogP contribution is 2.21. The van der Waals surface area contributed by atoms with E-state index in [1.807, 2.05) is 20.8 Å². The number of hydrogen-bond acceptors (Lipinski definition) is 3. The molecule has 1 aromatic rings. The predicted molar refractivity (Wildman–Crippen MR) is 77.3 cm³/mol. The molecule has 0 radical (unpaired) electrons. The molecule has 1 atom stereocenters. The Balaban J connectivity index is 2.57. The van der Waals surface area contributed by atoms with E-state index in [4.69, 9.17) is 4.74 Å². The van der Waals surface area contributed by atoms with Crippen molar-refractivity contribution in [2.24, 2.45) is 0 Å². The summed E-state index contributed by atoms with van der Waals surface area (Å²) in [5.41, 5.74) is 0.854. The number of carbonyl (C=O) groups is 1. The van der Waals surface area contributed by atoms with E-state index in [2.05, 4.69) is 10.6 Å². The Morgan fingerprint density at radius 1 is 1.40 bits per heavy atom. The van der Waals surface area contributed by atoms with E-state index in [0.29, 0.717) is 6.54 Å². The van der Waals surface area contributed by atoms with Crippen molar-refractivity contribution in [1.29, 1.82) is 0 Å². The van der Waals surface area contributed by atoms with E-state index in [1.54, 1.807) is 12.1 Å². The van der Waals surface area contributed by atoms with Crippen molar-refractivity contribution in [1.82, 2.24) is 10.6 Å². The number of carbonyl (C=O) groups excluding carboxylic acids is 1. The summed E-state index contributed by atoms with van der Waals surface area (Å²) in [5, 5.41) is 5.88. The van der Waals surface area contributed by atoms with Gasteiger partial charge >= 0.3 is 0 Å². The fourth-order valence-electron chi connectivity index (χ4n) is 1.79. The van der Waals surface area contributed by atoms with E-state index in [1.165, 1.54) is 6.07 Å². The van der Waals surface area contributed by atoms with Crippen molar-refractivity contribution in [2.75, 3.05) is 19.7 Å². The van der Waals surface area contributed by atoms with Crippen LogP contribution in [0.5, 0.6) is 5.75 Å². The monoisotopic (exact) mass is 282 g/mol. The molecule has 0 aliphatic rings. The lowest BCUT2D eigenvalue weighted by Gasteiger charge is -2.14. The standard InChI is InChI=1S/C15H23FN2O2/c1-4-8-18-15(19)10-20-14-7-6-12(9-13(14)16)11(3)17-5-2/h6-7,9,11,17H,4-5,8,10H2,1-3H3,(H,18,19). The van der Waals surface area contributed by atoms with E-state index in [9.17, 15) is 9.18 Å². The average molecular weight is 282 g/mol. The van der Waals surface area contributed by atoms with Crippen LogP contribution in [-0.4, -0.2) is 25.6 Å². The fraction of sp³-hybridized carbons (Fsp3) is 0.533. The molecule has 0 spiro atoms. The third kappa shape index (κ3) is 5.17. The minimum absolute atomic E-state index is 0.0800. The lowest BCUT2D eigenvalue weighted by molar-refractivity contribution is -0.123. The second kappa shape index (κ2) is 8.53. The van der Waals surface area contributed by atoms with Crippen LogP contribution in [0.1, 0.15) is 38.8 Å². The number of nitrogens with one attached hydrogen (secondary N) is 2. The van der Waals surface area contributed by atoms with Crippen LogP contribution in [0, 0.1) is 5.82 Å². The van der Waals surface area contributed by atoms with E-state index in [0.717, 1.165) is 18.5 Å². The van der Waals surface area contributed by atoms with Gasteiger partial charge in [-0.1, -0.05) is 19.9 Å². The zero-order valence-electron chi connectivity index (χ0n) is 12.3. The van der Waals surface area contributed by atoms with Crippen LogP contribution in [0.25, 0.3) is 0 Å². The third-order valence-electron chi connectivity index (χ3n) is 2.90. The Labute approximate surface area is 119 Å². The molecule has 0 aliphatic carbocycles. The van der Waals surface area contributed by atoms with Crippen LogP contribution in [0.15, 0.2) is 18.2 Å². The molecule has 4 nitrogen and oxygen atoms in total. The summed E-state index contributed by atoms with van der Waals surface area (Å²) >= 11 is 0. The minimum Gasteiger partial charge on any atom is -0.481 e. The number of ether oxygens (including phenoxy) is 1. The summed E-state index contributed by atoms with van der Waals surface area (Å²) < 4.78 is 19.1. The predicted octanol–water partition coefficient (Wildman–Crippen LogP) is 2.40. The molecule has 0 fully saturated rings. The first-order valence-electron chi connectivity index (χ1n) is 7.00. The summed E-state index contributed by atoms with van der Waals surface area (Å²) in [6.45, 7) is 7.18. The summed E-state index contributed by atoms with van der Waals surface area (Å²) in [7, 11) is 0. The van der Waals surface area contributed by atoms with Gasteiger partial charge in [-0.15, -0.1) is 0 Å². The number of rotatable bonds is 8. The molecule has 2 N–H and O–H groups in total. The van der Waals surface area contributed by atoms with Gasteiger partial charge in [-0.05, 0) is 37.6 Å². The number of benzene rings is 1. The molecule has 0 aromatic heterocycles. The van der Waals surface area contributed by atoms with Crippen LogP contribution in [0.4, 0.5) is 4.39 Å². The fourth-order valence-corrected chi connectivity index (χ4v) is 1.79. The molecule has 0 saturated heterocycles. The van der Waals surface area contributed by atoms with Gasteiger partial charge in [0.25, 0.3) is 5.91 Å². The summed E-state index contributed by atoms with van der Waals surface area (Å²) in [5.74, 6) is -0.587. The summed E-state index contributed by atoms with van der Waals surface area (Å²) in [6.07, 6.45) is 0.858. The van der Waals surface area contributed by atoms with Crippen molar-refractivity contribution in [3.63, 3.8) is 0 Å². The first kappa shape index (κ1) is 16.4. The van der Waals surface area contributed by atoms with Gasteiger partial charge in [-0.2, -0.15) is 0 Å². The van der Waals surface area contributed by atoms with Gasteiger partial charge in [0, 0.05) is 12.6 Å². The highest BCUT2D eigenvalue weighted by atomic mass is 19.1. The van der Waals surface area contributed by atoms with Crippen LogP contribution in [-0.2, 0) is 4.79 Å². The molecule has 1 unspecified atom stereocenters. The molecule has 0 heterocycles. The molecule has 20 heavy (non-hydrogen) atoms. The highest BCUT2D eigenvalue weighted by Gasteiger charge is 2.10. The van der Waals surface area contributed by atoms with Crippen LogP contribution in [0.2, 0.25) is 0 Å². The second-order valence-corrected chi connectivity index (χ2v) is 4.61. The number of amides is 1. The van der Waals surface area contributed by atoms with E-state index >= 15 is 0 Å². The van der Waals surface area contributed by atoms with Gasteiger partial charge in [-0.3, -0.25) is 4.79 Å². The van der Waals surface area contributed by atoms with Crippen LogP contribution < -0.4 is 15.4 Å². The minimum atomic E-state index is -0.449. The van der Waals surface area contributed by atoms with E-state index in [-0.39, 0.29) is 24.3 Å². The normalized spacial score (nSPS) is 12.0. The van der Waals surface area contributed by atoms with Crippen LogP contribution >= 0.6 is 0 Å². The largest absolute Gasteiger partial charge is 0.481 e. The molecule has 1 rings (SSSR count). The third-order valence-corrected chi connectivity index (χ3v) is 2.90. The Morgan fingerprint density at radius 3 is 2.75 bits per heavy atom. The van der Waals surface area contributed by atoms with Crippen LogP contribution in [0.3, 0.4) is 0 Å². The Kier molecular flexibility index (Phi) is 7.01. The lowest BCUT2D eigenvalue weighted by atomic mass is 10.1. The Bertz CT molecular complexity index is 438. The first-order chi connectivity index (χ1) is 9.58. The molecule has 0 aliphatic heterocycles. The quantitative estimate of drug-likeness (QED) is 0.770. The molecule has 0 saturated carbocycles. The van der Waals surface area contributed by atoms with Gasteiger partial charge in [0.15, 0.2) is 18.2 Å². The maximum Gasteiger partial charge on any atom is 0.257 e. The van der Waals surface area contributed by atoms with Gasteiger partial charge < -0.3 is 15.4 Å². The molecule has 1 amide bonds. The topological polar surface area (TPSA) is 50.4 Å². The van der Waals surface area contributed by atoms with Gasteiger partial charge in [0.1, 0.15) is 0 Å². The first-order valence-corrected chi connectivity index (χ1v) is 7.00. The van der Waals surface area contributed by atoms with E-state index < -0.39 is 5.82 Å². The van der Waals surface area contributed by atoms with Crippen molar-refractivity contribution < 1.29 is 13.9 Å². The average Bonchev–Trinajstić information content (AvgIpc) is 2.43. The maximum absolute atomic E-state index is 13.9. The molecule has 1 aromatic carbocycles. The van der Waals surface area contributed by atoms with Gasteiger partial charge in [-0.25, -0.2) is 4.39 Å². The molecular formula is C15H23FN2O2. The zero-order valence-corrected chi connectivity index (χ0v) is 12.3. The summed E-state index contributed by atoms with van der Waals surface area (Å²) in [6, 6.07) is 4.88.